The van der Waals surface area contributed by atoms with Crippen molar-refractivity contribution in [1.82, 2.24) is 0 Å². The van der Waals surface area contributed by atoms with Gasteiger partial charge in [-0.05, 0) is 25.0 Å². The Bertz CT molecular complexity index is 310. The Morgan fingerprint density at radius 3 is 2.38 bits per heavy atom. The molecule has 0 aliphatic rings. The molecular formula is C10H15NO2. The molecule has 0 amide bonds. The van der Waals surface area contributed by atoms with E-state index in [9.17, 15) is 5.11 Å². The average Bonchev–Trinajstić information content (AvgIpc) is 2.12. The molecule has 72 valence electrons. The van der Waals surface area contributed by atoms with Crippen LogP contribution in [0.1, 0.15) is 22.7 Å². The summed E-state index contributed by atoms with van der Waals surface area (Å²) >= 11 is 0. The number of aliphatic hydroxyl groups is 1. The first-order valence-corrected chi connectivity index (χ1v) is 4.23. The zero-order valence-electron chi connectivity index (χ0n) is 7.91. The lowest BCUT2D eigenvalue weighted by Crippen LogP contribution is -2.16. The molecule has 1 aromatic rings. The van der Waals surface area contributed by atoms with Crippen LogP contribution in [0.15, 0.2) is 12.1 Å². The van der Waals surface area contributed by atoms with Gasteiger partial charge in [-0.15, -0.1) is 0 Å². The maximum absolute atomic E-state index is 9.69. The molecule has 0 unspecified atom stereocenters. The Labute approximate surface area is 77.8 Å². The van der Waals surface area contributed by atoms with Crippen LogP contribution in [0, 0.1) is 13.8 Å². The van der Waals surface area contributed by atoms with E-state index in [0.29, 0.717) is 5.56 Å². The number of aryl methyl sites for hydroxylation is 2. The van der Waals surface area contributed by atoms with Crippen LogP contribution in [-0.4, -0.2) is 16.8 Å². The van der Waals surface area contributed by atoms with Gasteiger partial charge in [-0.3, -0.25) is 0 Å². The number of hydrogen-bond acceptors (Lipinski definition) is 3. The SMILES string of the molecule is Cc1ccc(C)c([C@H](N)CO)c1O. The minimum Gasteiger partial charge on any atom is -0.507 e. The third-order valence-electron chi connectivity index (χ3n) is 2.20. The molecule has 0 bridgehead atoms. The van der Waals surface area contributed by atoms with Crippen LogP contribution in [0.3, 0.4) is 0 Å². The second-order valence-corrected chi connectivity index (χ2v) is 3.25. The summed E-state index contributed by atoms with van der Waals surface area (Å²) in [7, 11) is 0. The van der Waals surface area contributed by atoms with Gasteiger partial charge in [0, 0.05) is 5.56 Å². The predicted molar refractivity (Wildman–Crippen MR) is 51.6 cm³/mol. The normalized spacial score (nSPS) is 12.9. The summed E-state index contributed by atoms with van der Waals surface area (Å²) in [6.07, 6.45) is 0. The van der Waals surface area contributed by atoms with Crippen LogP contribution in [0.25, 0.3) is 0 Å². The number of nitrogens with two attached hydrogens (primary N) is 1. The Morgan fingerprint density at radius 2 is 1.85 bits per heavy atom. The van der Waals surface area contributed by atoms with Gasteiger partial charge >= 0.3 is 0 Å². The van der Waals surface area contributed by atoms with Crippen LogP contribution in [0.5, 0.6) is 5.75 Å². The van der Waals surface area contributed by atoms with Gasteiger partial charge in [0.25, 0.3) is 0 Å². The fourth-order valence-electron chi connectivity index (χ4n) is 1.38. The lowest BCUT2D eigenvalue weighted by molar-refractivity contribution is 0.264. The summed E-state index contributed by atoms with van der Waals surface area (Å²) in [4.78, 5) is 0. The molecule has 3 heteroatoms. The number of benzene rings is 1. The highest BCUT2D eigenvalue weighted by Crippen LogP contribution is 2.29. The third kappa shape index (κ3) is 1.82. The van der Waals surface area contributed by atoms with Crippen LogP contribution in [0.2, 0.25) is 0 Å². The standard InChI is InChI=1S/C10H15NO2/c1-6-3-4-7(2)10(13)9(6)8(11)5-12/h3-4,8,12-13H,5,11H2,1-2H3/t8-/m1/s1. The van der Waals surface area contributed by atoms with Gasteiger partial charge in [0.2, 0.25) is 0 Å². The van der Waals surface area contributed by atoms with E-state index in [4.69, 9.17) is 10.8 Å². The van der Waals surface area contributed by atoms with E-state index >= 15 is 0 Å². The summed E-state index contributed by atoms with van der Waals surface area (Å²) in [5.74, 6) is 0.196. The van der Waals surface area contributed by atoms with Crippen LogP contribution in [0.4, 0.5) is 0 Å². The molecule has 0 fully saturated rings. The fraction of sp³-hybridized carbons (Fsp3) is 0.400. The predicted octanol–water partition coefficient (Wildman–Crippen LogP) is 1.00. The average molecular weight is 181 g/mol. The molecule has 0 spiro atoms. The quantitative estimate of drug-likeness (QED) is 0.637. The van der Waals surface area contributed by atoms with Gasteiger partial charge in [-0.25, -0.2) is 0 Å². The minimum atomic E-state index is -0.500. The van der Waals surface area contributed by atoms with E-state index < -0.39 is 6.04 Å². The van der Waals surface area contributed by atoms with Gasteiger partial charge in [0.05, 0.1) is 12.6 Å². The molecule has 3 nitrogen and oxygen atoms in total. The summed E-state index contributed by atoms with van der Waals surface area (Å²) < 4.78 is 0. The number of phenolic OH excluding ortho intramolecular Hbond substituents is 1. The molecule has 1 rings (SSSR count). The van der Waals surface area contributed by atoms with Crippen molar-refractivity contribution in [3.63, 3.8) is 0 Å². The molecule has 4 N–H and O–H groups in total. The Morgan fingerprint density at radius 1 is 1.31 bits per heavy atom. The highest BCUT2D eigenvalue weighted by molar-refractivity contribution is 5.46. The van der Waals surface area contributed by atoms with Crippen LogP contribution in [-0.2, 0) is 0 Å². The van der Waals surface area contributed by atoms with E-state index in [1.165, 1.54) is 0 Å². The lowest BCUT2D eigenvalue weighted by atomic mass is 9.98. The molecule has 0 aliphatic carbocycles. The van der Waals surface area contributed by atoms with E-state index in [1.54, 1.807) is 0 Å². The first kappa shape index (κ1) is 10.0. The van der Waals surface area contributed by atoms with Gasteiger partial charge < -0.3 is 15.9 Å². The van der Waals surface area contributed by atoms with Gasteiger partial charge in [-0.1, -0.05) is 12.1 Å². The first-order valence-electron chi connectivity index (χ1n) is 4.23. The molecule has 13 heavy (non-hydrogen) atoms. The van der Waals surface area contributed by atoms with Crippen LogP contribution >= 0.6 is 0 Å². The lowest BCUT2D eigenvalue weighted by Gasteiger charge is -2.15. The number of aromatic hydroxyl groups is 1. The van der Waals surface area contributed by atoms with Crippen molar-refractivity contribution in [1.29, 1.82) is 0 Å². The van der Waals surface area contributed by atoms with E-state index in [2.05, 4.69) is 0 Å². The summed E-state index contributed by atoms with van der Waals surface area (Å²) in [5, 5.41) is 18.6. The zero-order chi connectivity index (χ0) is 10.0. The summed E-state index contributed by atoms with van der Waals surface area (Å²) in [5.41, 5.74) is 7.99. The molecular weight excluding hydrogens is 166 g/mol. The second kappa shape index (κ2) is 3.77. The van der Waals surface area contributed by atoms with Gasteiger partial charge in [0.1, 0.15) is 5.75 Å². The zero-order valence-corrected chi connectivity index (χ0v) is 7.91. The second-order valence-electron chi connectivity index (χ2n) is 3.25. The molecule has 1 aromatic carbocycles. The molecule has 0 aromatic heterocycles. The number of aliphatic hydroxyl groups excluding tert-OH is 1. The smallest absolute Gasteiger partial charge is 0.123 e. The molecule has 0 saturated heterocycles. The summed E-state index contributed by atoms with van der Waals surface area (Å²) in [6, 6.07) is 3.22. The van der Waals surface area contributed by atoms with Crippen molar-refractivity contribution >= 4 is 0 Å². The molecule has 0 aliphatic heterocycles. The minimum absolute atomic E-state index is 0.155. The molecule has 0 radical (unpaired) electrons. The monoisotopic (exact) mass is 181 g/mol. The van der Waals surface area contributed by atoms with Crippen LogP contribution < -0.4 is 5.73 Å². The van der Waals surface area contributed by atoms with Crippen molar-refractivity contribution in [2.75, 3.05) is 6.61 Å². The Balaban J connectivity index is 3.25. The topological polar surface area (TPSA) is 66.5 Å². The largest absolute Gasteiger partial charge is 0.507 e. The van der Waals surface area contributed by atoms with Crippen molar-refractivity contribution < 1.29 is 10.2 Å². The van der Waals surface area contributed by atoms with Crippen molar-refractivity contribution in [2.45, 2.75) is 19.9 Å². The highest BCUT2D eigenvalue weighted by Gasteiger charge is 2.13. The number of rotatable bonds is 2. The van der Waals surface area contributed by atoms with E-state index in [-0.39, 0.29) is 12.4 Å². The number of hydrogen-bond donors (Lipinski definition) is 3. The fourth-order valence-corrected chi connectivity index (χ4v) is 1.38. The Kier molecular flexibility index (Phi) is 2.90. The van der Waals surface area contributed by atoms with E-state index in [0.717, 1.165) is 11.1 Å². The first-order chi connectivity index (χ1) is 6.07. The van der Waals surface area contributed by atoms with Crippen molar-refractivity contribution in [2.24, 2.45) is 5.73 Å². The third-order valence-corrected chi connectivity index (χ3v) is 2.20. The maximum Gasteiger partial charge on any atom is 0.123 e. The molecule has 1 atom stereocenters. The van der Waals surface area contributed by atoms with Crippen molar-refractivity contribution in [3.05, 3.63) is 28.8 Å². The Hall–Kier alpha value is -1.06. The van der Waals surface area contributed by atoms with Crippen molar-refractivity contribution in [3.8, 4) is 5.75 Å². The maximum atomic E-state index is 9.69. The molecule has 0 saturated carbocycles. The summed E-state index contributed by atoms with van der Waals surface area (Å²) in [6.45, 7) is 3.52. The van der Waals surface area contributed by atoms with E-state index in [1.807, 2.05) is 26.0 Å². The highest BCUT2D eigenvalue weighted by atomic mass is 16.3. The van der Waals surface area contributed by atoms with Gasteiger partial charge in [-0.2, -0.15) is 0 Å². The number of phenols is 1. The molecule has 0 heterocycles. The van der Waals surface area contributed by atoms with Gasteiger partial charge in [0.15, 0.2) is 0 Å².